The van der Waals surface area contributed by atoms with E-state index in [0.29, 0.717) is 12.6 Å². The molecule has 0 bridgehead atoms. The number of carbonyl (C=O) groups excluding carboxylic acids is 1. The molecule has 1 saturated carbocycles. The number of halogens is 1. The molecule has 0 aromatic heterocycles. The normalized spacial score (nSPS) is 16.4. The highest BCUT2D eigenvalue weighted by molar-refractivity contribution is 9.10. The largest absolute Gasteiger partial charge is 0.342 e. The van der Waals surface area contributed by atoms with Crippen LogP contribution in [0.3, 0.4) is 0 Å². The molecule has 0 aliphatic heterocycles. The SMILES string of the molecule is C[C@H](NCC(=O)N(C)C1CC1)c1ccccc1Br. The van der Waals surface area contributed by atoms with Gasteiger partial charge in [0.2, 0.25) is 5.91 Å². The predicted molar refractivity (Wildman–Crippen MR) is 76.4 cm³/mol. The van der Waals surface area contributed by atoms with Crippen LogP contribution in [-0.2, 0) is 4.79 Å². The summed E-state index contributed by atoms with van der Waals surface area (Å²) in [7, 11) is 1.89. The fourth-order valence-electron chi connectivity index (χ4n) is 1.97. The van der Waals surface area contributed by atoms with E-state index in [1.807, 2.05) is 30.1 Å². The van der Waals surface area contributed by atoms with Crippen molar-refractivity contribution in [2.75, 3.05) is 13.6 Å². The van der Waals surface area contributed by atoms with Gasteiger partial charge in [0, 0.05) is 23.6 Å². The molecule has 18 heavy (non-hydrogen) atoms. The third-order valence-corrected chi connectivity index (χ3v) is 4.14. The van der Waals surface area contributed by atoms with E-state index in [0.717, 1.165) is 17.3 Å². The van der Waals surface area contributed by atoms with Gasteiger partial charge < -0.3 is 10.2 Å². The molecule has 4 heteroatoms. The maximum atomic E-state index is 11.9. The lowest BCUT2D eigenvalue weighted by Gasteiger charge is -2.20. The van der Waals surface area contributed by atoms with E-state index in [4.69, 9.17) is 0 Å². The van der Waals surface area contributed by atoms with Crippen molar-refractivity contribution in [3.05, 3.63) is 34.3 Å². The topological polar surface area (TPSA) is 32.3 Å². The maximum absolute atomic E-state index is 11.9. The highest BCUT2D eigenvalue weighted by Gasteiger charge is 2.29. The Labute approximate surface area is 117 Å². The van der Waals surface area contributed by atoms with Crippen LogP contribution < -0.4 is 5.32 Å². The van der Waals surface area contributed by atoms with Gasteiger partial charge in [-0.25, -0.2) is 0 Å². The average Bonchev–Trinajstić information content (AvgIpc) is 3.19. The minimum absolute atomic E-state index is 0.164. The van der Waals surface area contributed by atoms with E-state index >= 15 is 0 Å². The van der Waals surface area contributed by atoms with Gasteiger partial charge in [-0.15, -0.1) is 0 Å². The minimum Gasteiger partial charge on any atom is -0.342 e. The first-order chi connectivity index (χ1) is 8.59. The van der Waals surface area contributed by atoms with Crippen molar-refractivity contribution in [2.24, 2.45) is 0 Å². The van der Waals surface area contributed by atoms with Crippen LogP contribution in [0.2, 0.25) is 0 Å². The molecule has 3 nitrogen and oxygen atoms in total. The molecule has 0 unspecified atom stereocenters. The fraction of sp³-hybridized carbons (Fsp3) is 0.500. The van der Waals surface area contributed by atoms with Crippen LogP contribution >= 0.6 is 15.9 Å². The molecule has 0 heterocycles. The van der Waals surface area contributed by atoms with Crippen LogP contribution in [-0.4, -0.2) is 30.4 Å². The average molecular weight is 311 g/mol. The lowest BCUT2D eigenvalue weighted by molar-refractivity contribution is -0.129. The first-order valence-corrected chi connectivity index (χ1v) is 7.12. The molecule has 1 N–H and O–H groups in total. The fourth-order valence-corrected chi connectivity index (χ4v) is 2.59. The molecule has 98 valence electrons. The van der Waals surface area contributed by atoms with Gasteiger partial charge in [-0.05, 0) is 31.4 Å². The van der Waals surface area contributed by atoms with Crippen molar-refractivity contribution >= 4 is 21.8 Å². The molecule has 2 rings (SSSR count). The van der Waals surface area contributed by atoms with E-state index in [1.54, 1.807) is 0 Å². The molecule has 1 aliphatic carbocycles. The van der Waals surface area contributed by atoms with Gasteiger partial charge in [0.05, 0.1) is 6.54 Å². The standard InChI is InChI=1S/C14H19BrN2O/c1-10(12-5-3-4-6-13(12)15)16-9-14(18)17(2)11-7-8-11/h3-6,10-11,16H,7-9H2,1-2H3/t10-/m0/s1. The maximum Gasteiger partial charge on any atom is 0.236 e. The Morgan fingerprint density at radius 1 is 1.50 bits per heavy atom. The minimum atomic E-state index is 0.164. The van der Waals surface area contributed by atoms with Gasteiger partial charge in [-0.1, -0.05) is 34.1 Å². The highest BCUT2D eigenvalue weighted by atomic mass is 79.9. The molecule has 1 aliphatic rings. The second-order valence-corrected chi connectivity index (χ2v) is 5.71. The summed E-state index contributed by atoms with van der Waals surface area (Å²) in [5.41, 5.74) is 1.18. The van der Waals surface area contributed by atoms with Crippen molar-refractivity contribution < 1.29 is 4.79 Å². The third-order valence-electron chi connectivity index (χ3n) is 3.42. The second kappa shape index (κ2) is 5.85. The second-order valence-electron chi connectivity index (χ2n) is 4.86. The number of hydrogen-bond donors (Lipinski definition) is 1. The van der Waals surface area contributed by atoms with Crippen LogP contribution in [0.5, 0.6) is 0 Å². The van der Waals surface area contributed by atoms with Gasteiger partial charge in [-0.2, -0.15) is 0 Å². The molecular weight excluding hydrogens is 292 g/mol. The number of likely N-dealkylation sites (N-methyl/N-ethyl adjacent to an activating group) is 1. The van der Waals surface area contributed by atoms with Crippen LogP contribution in [0.4, 0.5) is 0 Å². The molecular formula is C14H19BrN2O. The number of carbonyl (C=O) groups is 1. The summed E-state index contributed by atoms with van der Waals surface area (Å²) in [5, 5.41) is 3.28. The monoisotopic (exact) mass is 310 g/mol. The first-order valence-electron chi connectivity index (χ1n) is 6.33. The molecule has 1 fully saturated rings. The van der Waals surface area contributed by atoms with E-state index in [-0.39, 0.29) is 11.9 Å². The predicted octanol–water partition coefficient (Wildman–Crippen LogP) is 2.72. The lowest BCUT2D eigenvalue weighted by Crippen LogP contribution is -2.37. The van der Waals surface area contributed by atoms with Crippen LogP contribution in [0.25, 0.3) is 0 Å². The number of hydrogen-bond acceptors (Lipinski definition) is 2. The van der Waals surface area contributed by atoms with Gasteiger partial charge in [0.25, 0.3) is 0 Å². The Morgan fingerprint density at radius 2 is 2.17 bits per heavy atom. The van der Waals surface area contributed by atoms with Crippen molar-refractivity contribution in [1.29, 1.82) is 0 Å². The van der Waals surface area contributed by atoms with E-state index in [1.165, 1.54) is 5.56 Å². The van der Waals surface area contributed by atoms with Crippen LogP contribution in [0, 0.1) is 0 Å². The summed E-state index contributed by atoms with van der Waals surface area (Å²) < 4.78 is 1.08. The van der Waals surface area contributed by atoms with Crippen molar-refractivity contribution in [2.45, 2.75) is 31.8 Å². The summed E-state index contributed by atoms with van der Waals surface area (Å²) in [5.74, 6) is 0.177. The Hall–Kier alpha value is -0.870. The van der Waals surface area contributed by atoms with E-state index in [9.17, 15) is 4.79 Å². The first kappa shape index (κ1) is 13.6. The molecule has 0 spiro atoms. The molecule has 0 radical (unpaired) electrons. The van der Waals surface area contributed by atoms with Crippen molar-refractivity contribution in [3.8, 4) is 0 Å². The zero-order valence-electron chi connectivity index (χ0n) is 10.8. The third kappa shape index (κ3) is 3.33. The van der Waals surface area contributed by atoms with Crippen molar-refractivity contribution in [1.82, 2.24) is 10.2 Å². The molecule has 1 atom stereocenters. The molecule has 1 aromatic carbocycles. The molecule has 1 amide bonds. The lowest BCUT2D eigenvalue weighted by atomic mass is 10.1. The highest BCUT2D eigenvalue weighted by Crippen LogP contribution is 2.25. The Bertz CT molecular complexity index is 432. The number of benzene rings is 1. The van der Waals surface area contributed by atoms with Crippen LogP contribution in [0.15, 0.2) is 28.7 Å². The molecule has 1 aromatic rings. The summed E-state index contributed by atoms with van der Waals surface area (Å²) in [6.45, 7) is 2.47. The molecule has 0 saturated heterocycles. The zero-order valence-corrected chi connectivity index (χ0v) is 12.4. The summed E-state index contributed by atoms with van der Waals surface area (Å²) in [4.78, 5) is 13.8. The summed E-state index contributed by atoms with van der Waals surface area (Å²) in [6, 6.07) is 8.74. The van der Waals surface area contributed by atoms with Gasteiger partial charge in [-0.3, -0.25) is 4.79 Å². The van der Waals surface area contributed by atoms with Gasteiger partial charge in [0.1, 0.15) is 0 Å². The quantitative estimate of drug-likeness (QED) is 0.907. The zero-order chi connectivity index (χ0) is 13.1. The van der Waals surface area contributed by atoms with Crippen molar-refractivity contribution in [3.63, 3.8) is 0 Å². The Morgan fingerprint density at radius 3 is 2.78 bits per heavy atom. The van der Waals surface area contributed by atoms with Crippen LogP contribution in [0.1, 0.15) is 31.4 Å². The summed E-state index contributed by atoms with van der Waals surface area (Å²) in [6.07, 6.45) is 2.31. The summed E-state index contributed by atoms with van der Waals surface area (Å²) >= 11 is 3.53. The van der Waals surface area contributed by atoms with E-state index in [2.05, 4.69) is 34.2 Å². The number of amides is 1. The van der Waals surface area contributed by atoms with E-state index < -0.39 is 0 Å². The number of rotatable bonds is 5. The Balaban J connectivity index is 1.86. The Kier molecular flexibility index (Phi) is 4.40. The van der Waals surface area contributed by atoms with Gasteiger partial charge >= 0.3 is 0 Å². The number of nitrogens with one attached hydrogen (secondary N) is 1. The van der Waals surface area contributed by atoms with Gasteiger partial charge in [0.15, 0.2) is 0 Å². The smallest absolute Gasteiger partial charge is 0.236 e. The number of nitrogens with zero attached hydrogens (tertiary/aromatic N) is 1.